The van der Waals surface area contributed by atoms with Crippen molar-refractivity contribution in [3.8, 4) is 0 Å². The van der Waals surface area contributed by atoms with Crippen molar-refractivity contribution in [1.29, 1.82) is 0 Å². The number of allylic oxidation sites excluding steroid dienone is 1. The molecule has 0 radical (unpaired) electrons. The summed E-state index contributed by atoms with van der Waals surface area (Å²) < 4.78 is 5.66. The summed E-state index contributed by atoms with van der Waals surface area (Å²) in [6.45, 7) is 8.74. The van der Waals surface area contributed by atoms with Crippen molar-refractivity contribution >= 4 is 0 Å². The van der Waals surface area contributed by atoms with E-state index < -0.39 is 0 Å². The SMILES string of the molecule is C=CCCC1CCC(C2CCC(OC)C(C)C2C)CC1. The zero-order valence-electron chi connectivity index (χ0n) is 13.8. The zero-order chi connectivity index (χ0) is 14.5. The average Bonchev–Trinajstić information content (AvgIpc) is 2.48. The lowest BCUT2D eigenvalue weighted by molar-refractivity contribution is -0.0337. The van der Waals surface area contributed by atoms with E-state index in [2.05, 4.69) is 26.5 Å². The van der Waals surface area contributed by atoms with Crippen molar-refractivity contribution < 1.29 is 4.74 Å². The van der Waals surface area contributed by atoms with E-state index in [9.17, 15) is 0 Å². The van der Waals surface area contributed by atoms with E-state index in [0.717, 1.165) is 29.6 Å². The number of rotatable bonds is 5. The molecule has 2 aliphatic rings. The lowest BCUT2D eigenvalue weighted by Gasteiger charge is -2.44. The summed E-state index contributed by atoms with van der Waals surface area (Å²) in [6.07, 6.45) is 13.7. The van der Waals surface area contributed by atoms with Crippen LogP contribution in [0.25, 0.3) is 0 Å². The van der Waals surface area contributed by atoms with Crippen LogP contribution in [-0.4, -0.2) is 13.2 Å². The highest BCUT2D eigenvalue weighted by Crippen LogP contribution is 2.45. The minimum Gasteiger partial charge on any atom is -0.381 e. The third kappa shape index (κ3) is 3.67. The molecule has 0 amide bonds. The topological polar surface area (TPSA) is 9.23 Å². The van der Waals surface area contributed by atoms with Crippen LogP contribution in [0.15, 0.2) is 12.7 Å². The Labute approximate surface area is 126 Å². The van der Waals surface area contributed by atoms with Crippen LogP contribution in [0.4, 0.5) is 0 Å². The van der Waals surface area contributed by atoms with E-state index in [1.165, 1.54) is 51.4 Å². The number of hydrogen-bond acceptors (Lipinski definition) is 1. The van der Waals surface area contributed by atoms with Crippen molar-refractivity contribution in [2.45, 2.75) is 71.3 Å². The monoisotopic (exact) mass is 278 g/mol. The molecule has 0 spiro atoms. The first kappa shape index (κ1) is 16.1. The molecule has 1 nitrogen and oxygen atoms in total. The molecule has 0 aliphatic heterocycles. The summed E-state index contributed by atoms with van der Waals surface area (Å²) in [5.41, 5.74) is 0. The van der Waals surface area contributed by atoms with E-state index in [1.54, 1.807) is 0 Å². The van der Waals surface area contributed by atoms with Crippen molar-refractivity contribution in [2.24, 2.45) is 29.6 Å². The molecule has 2 fully saturated rings. The molecular weight excluding hydrogens is 244 g/mol. The molecule has 4 atom stereocenters. The van der Waals surface area contributed by atoms with Gasteiger partial charge in [0, 0.05) is 7.11 Å². The second-order valence-electron chi connectivity index (χ2n) is 7.38. The average molecular weight is 278 g/mol. The summed E-state index contributed by atoms with van der Waals surface area (Å²) in [5, 5.41) is 0. The fourth-order valence-electron chi connectivity index (χ4n) is 4.87. The van der Waals surface area contributed by atoms with Crippen LogP contribution < -0.4 is 0 Å². The van der Waals surface area contributed by atoms with Crippen LogP contribution in [0.5, 0.6) is 0 Å². The molecule has 2 aliphatic carbocycles. The lowest BCUT2D eigenvalue weighted by Crippen LogP contribution is -2.39. The van der Waals surface area contributed by atoms with Gasteiger partial charge in [-0.05, 0) is 68.1 Å². The maximum absolute atomic E-state index is 5.66. The molecule has 20 heavy (non-hydrogen) atoms. The predicted octanol–water partition coefficient (Wildman–Crippen LogP) is 5.46. The van der Waals surface area contributed by atoms with Crippen LogP contribution in [0.3, 0.4) is 0 Å². The molecule has 2 rings (SSSR count). The maximum Gasteiger partial charge on any atom is 0.0599 e. The molecular formula is C19H34O. The third-order valence-corrected chi connectivity index (χ3v) is 6.45. The quantitative estimate of drug-likeness (QED) is 0.607. The van der Waals surface area contributed by atoms with Gasteiger partial charge in [-0.1, -0.05) is 32.8 Å². The van der Waals surface area contributed by atoms with E-state index in [4.69, 9.17) is 4.74 Å². The summed E-state index contributed by atoms with van der Waals surface area (Å²) >= 11 is 0. The molecule has 4 unspecified atom stereocenters. The summed E-state index contributed by atoms with van der Waals surface area (Å²) in [4.78, 5) is 0. The van der Waals surface area contributed by atoms with E-state index in [0.29, 0.717) is 6.10 Å². The first-order valence-electron chi connectivity index (χ1n) is 8.81. The Morgan fingerprint density at radius 1 is 1.00 bits per heavy atom. The fraction of sp³-hybridized carbons (Fsp3) is 0.895. The maximum atomic E-state index is 5.66. The van der Waals surface area contributed by atoms with Crippen LogP contribution in [0.1, 0.15) is 65.2 Å². The highest BCUT2D eigenvalue weighted by Gasteiger charge is 2.38. The smallest absolute Gasteiger partial charge is 0.0599 e. The predicted molar refractivity (Wildman–Crippen MR) is 86.7 cm³/mol. The van der Waals surface area contributed by atoms with Gasteiger partial charge in [0.2, 0.25) is 0 Å². The van der Waals surface area contributed by atoms with Gasteiger partial charge in [-0.2, -0.15) is 0 Å². The lowest BCUT2D eigenvalue weighted by atomic mass is 9.63. The molecule has 0 aromatic carbocycles. The number of ether oxygens (including phenoxy) is 1. The fourth-order valence-corrected chi connectivity index (χ4v) is 4.87. The Kier molecular flexibility index (Phi) is 6.14. The number of methoxy groups -OCH3 is 1. The van der Waals surface area contributed by atoms with Crippen molar-refractivity contribution in [3.05, 3.63) is 12.7 Å². The third-order valence-electron chi connectivity index (χ3n) is 6.45. The normalized spacial score (nSPS) is 42.4. The van der Waals surface area contributed by atoms with Crippen LogP contribution >= 0.6 is 0 Å². The molecule has 116 valence electrons. The summed E-state index contributed by atoms with van der Waals surface area (Å²) in [6, 6.07) is 0. The van der Waals surface area contributed by atoms with Gasteiger partial charge in [-0.25, -0.2) is 0 Å². The Morgan fingerprint density at radius 3 is 2.30 bits per heavy atom. The standard InChI is InChI=1S/C19H34O/c1-5-6-7-16-8-10-17(11-9-16)18-12-13-19(20-4)15(3)14(18)2/h5,14-19H,1,6-13H2,2-4H3. The van der Waals surface area contributed by atoms with Crippen LogP contribution in [0, 0.1) is 29.6 Å². The first-order chi connectivity index (χ1) is 9.67. The van der Waals surface area contributed by atoms with Crippen molar-refractivity contribution in [3.63, 3.8) is 0 Å². The zero-order valence-corrected chi connectivity index (χ0v) is 13.8. The minimum atomic E-state index is 0.505. The largest absolute Gasteiger partial charge is 0.381 e. The van der Waals surface area contributed by atoms with Crippen LogP contribution in [0.2, 0.25) is 0 Å². The molecule has 0 N–H and O–H groups in total. The van der Waals surface area contributed by atoms with Gasteiger partial charge < -0.3 is 4.74 Å². The Balaban J connectivity index is 1.83. The molecule has 0 bridgehead atoms. The molecule has 2 saturated carbocycles. The molecule has 1 heteroatoms. The summed E-state index contributed by atoms with van der Waals surface area (Å²) in [5.74, 6) is 4.50. The van der Waals surface area contributed by atoms with Gasteiger partial charge in [0.05, 0.1) is 6.10 Å². The van der Waals surface area contributed by atoms with E-state index in [1.807, 2.05) is 7.11 Å². The second kappa shape index (κ2) is 7.64. The van der Waals surface area contributed by atoms with E-state index >= 15 is 0 Å². The molecule has 0 aromatic rings. The van der Waals surface area contributed by atoms with Gasteiger partial charge in [-0.15, -0.1) is 6.58 Å². The Hall–Kier alpha value is -0.300. The molecule has 0 heterocycles. The highest BCUT2D eigenvalue weighted by molar-refractivity contribution is 4.89. The highest BCUT2D eigenvalue weighted by atomic mass is 16.5. The van der Waals surface area contributed by atoms with Gasteiger partial charge in [-0.3, -0.25) is 0 Å². The van der Waals surface area contributed by atoms with Crippen LogP contribution in [-0.2, 0) is 4.74 Å². The summed E-state index contributed by atoms with van der Waals surface area (Å²) in [7, 11) is 1.89. The van der Waals surface area contributed by atoms with Crippen molar-refractivity contribution in [1.82, 2.24) is 0 Å². The first-order valence-corrected chi connectivity index (χ1v) is 8.81. The Morgan fingerprint density at radius 2 is 1.70 bits per heavy atom. The number of hydrogen-bond donors (Lipinski definition) is 0. The van der Waals surface area contributed by atoms with Crippen molar-refractivity contribution in [2.75, 3.05) is 7.11 Å². The van der Waals surface area contributed by atoms with Gasteiger partial charge in [0.25, 0.3) is 0 Å². The van der Waals surface area contributed by atoms with Gasteiger partial charge in [0.15, 0.2) is 0 Å². The molecule has 0 aromatic heterocycles. The van der Waals surface area contributed by atoms with Gasteiger partial charge >= 0.3 is 0 Å². The molecule has 0 saturated heterocycles. The van der Waals surface area contributed by atoms with E-state index in [-0.39, 0.29) is 0 Å². The minimum absolute atomic E-state index is 0.505. The second-order valence-corrected chi connectivity index (χ2v) is 7.38. The Bertz CT molecular complexity index is 290. The van der Waals surface area contributed by atoms with Gasteiger partial charge in [0.1, 0.15) is 0 Å².